The SMILES string of the molecule is CCN(CC)CC(=O)Nc1ccc(NC(=S)Nc2ccc(C(N)=O)cc2)cc1Cl. The minimum Gasteiger partial charge on any atom is -0.366 e. The summed E-state index contributed by atoms with van der Waals surface area (Å²) in [5.41, 5.74) is 7.55. The molecule has 0 saturated carbocycles. The number of amides is 2. The predicted octanol–water partition coefficient (Wildman–Crippen LogP) is 3.53. The van der Waals surface area contributed by atoms with Gasteiger partial charge in [-0.25, -0.2) is 0 Å². The van der Waals surface area contributed by atoms with Gasteiger partial charge in [-0.2, -0.15) is 0 Å². The second kappa shape index (κ2) is 10.8. The van der Waals surface area contributed by atoms with Gasteiger partial charge in [-0.1, -0.05) is 25.4 Å². The molecule has 154 valence electrons. The van der Waals surface area contributed by atoms with Gasteiger partial charge in [-0.05, 0) is 67.8 Å². The van der Waals surface area contributed by atoms with Gasteiger partial charge in [0.2, 0.25) is 11.8 Å². The van der Waals surface area contributed by atoms with Crippen molar-refractivity contribution in [1.29, 1.82) is 0 Å². The Kier molecular flexibility index (Phi) is 8.38. The molecular formula is C20H24ClN5O2S. The zero-order valence-corrected chi connectivity index (χ0v) is 17.9. The van der Waals surface area contributed by atoms with Gasteiger partial charge in [0.15, 0.2) is 5.11 Å². The van der Waals surface area contributed by atoms with Crippen LogP contribution in [-0.4, -0.2) is 41.5 Å². The highest BCUT2D eigenvalue weighted by Crippen LogP contribution is 2.25. The second-order valence-electron chi connectivity index (χ2n) is 6.22. The molecule has 2 aromatic carbocycles. The summed E-state index contributed by atoms with van der Waals surface area (Å²) < 4.78 is 0. The summed E-state index contributed by atoms with van der Waals surface area (Å²) >= 11 is 11.6. The molecule has 2 rings (SSSR count). The molecule has 0 atom stereocenters. The third kappa shape index (κ3) is 7.01. The summed E-state index contributed by atoms with van der Waals surface area (Å²) in [5.74, 6) is -0.607. The summed E-state index contributed by atoms with van der Waals surface area (Å²) in [6, 6.07) is 11.8. The second-order valence-corrected chi connectivity index (χ2v) is 7.04. The van der Waals surface area contributed by atoms with E-state index in [9.17, 15) is 9.59 Å². The van der Waals surface area contributed by atoms with E-state index in [2.05, 4.69) is 16.0 Å². The number of carbonyl (C=O) groups excluding carboxylic acids is 2. The Hall–Kier alpha value is -2.68. The molecule has 2 aromatic rings. The molecule has 5 N–H and O–H groups in total. The van der Waals surface area contributed by atoms with Gasteiger partial charge in [0, 0.05) is 16.9 Å². The Morgan fingerprint density at radius 3 is 2.14 bits per heavy atom. The lowest BCUT2D eigenvalue weighted by molar-refractivity contribution is -0.117. The lowest BCUT2D eigenvalue weighted by atomic mass is 10.2. The fourth-order valence-electron chi connectivity index (χ4n) is 2.55. The van der Waals surface area contributed by atoms with E-state index >= 15 is 0 Å². The van der Waals surface area contributed by atoms with Crippen LogP contribution in [0.3, 0.4) is 0 Å². The first-order chi connectivity index (χ1) is 13.8. The molecule has 0 fully saturated rings. The number of anilines is 3. The monoisotopic (exact) mass is 433 g/mol. The van der Waals surface area contributed by atoms with E-state index in [1.54, 1.807) is 42.5 Å². The van der Waals surface area contributed by atoms with Crippen LogP contribution in [-0.2, 0) is 4.79 Å². The maximum absolute atomic E-state index is 12.1. The summed E-state index contributed by atoms with van der Waals surface area (Å²) in [5, 5.41) is 9.60. The first-order valence-corrected chi connectivity index (χ1v) is 9.90. The van der Waals surface area contributed by atoms with Crippen molar-refractivity contribution in [3.63, 3.8) is 0 Å². The number of nitrogens with one attached hydrogen (secondary N) is 3. The number of hydrogen-bond donors (Lipinski definition) is 4. The minimum absolute atomic E-state index is 0.118. The molecule has 0 heterocycles. The maximum Gasteiger partial charge on any atom is 0.248 e. The molecule has 0 aliphatic rings. The van der Waals surface area contributed by atoms with Crippen molar-refractivity contribution >= 4 is 57.8 Å². The third-order valence-electron chi connectivity index (χ3n) is 4.19. The van der Waals surface area contributed by atoms with Crippen LogP contribution in [0.5, 0.6) is 0 Å². The van der Waals surface area contributed by atoms with E-state index in [1.807, 2.05) is 18.7 Å². The molecule has 0 spiro atoms. The number of halogens is 1. The quantitative estimate of drug-likeness (QED) is 0.475. The van der Waals surface area contributed by atoms with Gasteiger partial charge >= 0.3 is 0 Å². The van der Waals surface area contributed by atoms with E-state index in [0.29, 0.717) is 39.3 Å². The molecule has 9 heteroatoms. The molecule has 0 unspecified atom stereocenters. The number of thiocarbonyl (C=S) groups is 1. The minimum atomic E-state index is -0.490. The lowest BCUT2D eigenvalue weighted by Gasteiger charge is -2.18. The number of hydrogen-bond acceptors (Lipinski definition) is 4. The Labute approximate surface area is 180 Å². The predicted molar refractivity (Wildman–Crippen MR) is 123 cm³/mol. The normalized spacial score (nSPS) is 10.5. The molecule has 0 aliphatic heterocycles. The van der Waals surface area contributed by atoms with Crippen LogP contribution >= 0.6 is 23.8 Å². The van der Waals surface area contributed by atoms with E-state index in [1.165, 1.54) is 0 Å². The van der Waals surface area contributed by atoms with E-state index in [0.717, 1.165) is 13.1 Å². The average Bonchev–Trinajstić information content (AvgIpc) is 2.68. The zero-order chi connectivity index (χ0) is 21.4. The van der Waals surface area contributed by atoms with E-state index < -0.39 is 5.91 Å². The highest BCUT2D eigenvalue weighted by Gasteiger charge is 2.10. The zero-order valence-electron chi connectivity index (χ0n) is 16.3. The van der Waals surface area contributed by atoms with Crippen LogP contribution in [0.15, 0.2) is 42.5 Å². The van der Waals surface area contributed by atoms with Crippen LogP contribution in [0.4, 0.5) is 17.1 Å². The van der Waals surface area contributed by atoms with Gasteiger partial charge in [-0.3, -0.25) is 14.5 Å². The lowest BCUT2D eigenvalue weighted by Crippen LogP contribution is -2.32. The van der Waals surface area contributed by atoms with Gasteiger partial charge in [0.25, 0.3) is 0 Å². The van der Waals surface area contributed by atoms with Crippen molar-refractivity contribution in [2.45, 2.75) is 13.8 Å². The number of rotatable bonds is 8. The number of carbonyl (C=O) groups is 2. The highest BCUT2D eigenvalue weighted by molar-refractivity contribution is 7.80. The highest BCUT2D eigenvalue weighted by atomic mass is 35.5. The van der Waals surface area contributed by atoms with Crippen molar-refractivity contribution in [3.05, 3.63) is 53.1 Å². The first-order valence-electron chi connectivity index (χ1n) is 9.12. The topological polar surface area (TPSA) is 99.5 Å². The molecule has 7 nitrogen and oxygen atoms in total. The van der Waals surface area contributed by atoms with Gasteiger partial charge < -0.3 is 21.7 Å². The van der Waals surface area contributed by atoms with Gasteiger partial charge in [0.1, 0.15) is 0 Å². The molecule has 2 amide bonds. The van der Waals surface area contributed by atoms with E-state index in [4.69, 9.17) is 29.6 Å². The van der Waals surface area contributed by atoms with Crippen LogP contribution < -0.4 is 21.7 Å². The van der Waals surface area contributed by atoms with Crippen molar-refractivity contribution < 1.29 is 9.59 Å². The fraction of sp³-hybridized carbons (Fsp3) is 0.250. The van der Waals surface area contributed by atoms with Crippen LogP contribution in [0, 0.1) is 0 Å². The Balaban J connectivity index is 1.94. The smallest absolute Gasteiger partial charge is 0.248 e. The number of nitrogens with two attached hydrogens (primary N) is 1. The Bertz CT molecular complexity index is 885. The standard InChI is InChI=1S/C20H24ClN5O2S/c1-3-26(4-2)12-18(27)25-17-10-9-15(11-16(17)21)24-20(29)23-14-7-5-13(6-8-14)19(22)28/h5-11H,3-4,12H2,1-2H3,(H2,22,28)(H,25,27)(H2,23,24,29). The molecule has 29 heavy (non-hydrogen) atoms. The maximum atomic E-state index is 12.1. The molecule has 0 bridgehead atoms. The number of likely N-dealkylation sites (N-methyl/N-ethyl adjacent to an activating group) is 1. The summed E-state index contributed by atoms with van der Waals surface area (Å²) in [6.45, 7) is 5.93. The molecular weight excluding hydrogens is 410 g/mol. The van der Waals surface area contributed by atoms with Gasteiger partial charge in [0.05, 0.1) is 17.3 Å². The van der Waals surface area contributed by atoms with Crippen LogP contribution in [0.1, 0.15) is 24.2 Å². The number of primary amides is 1. The number of nitrogens with zero attached hydrogens (tertiary/aromatic N) is 1. The summed E-state index contributed by atoms with van der Waals surface area (Å²) in [6.07, 6.45) is 0. The first kappa shape index (κ1) is 22.6. The molecule has 0 aromatic heterocycles. The molecule has 0 saturated heterocycles. The molecule has 0 radical (unpaired) electrons. The van der Waals surface area contributed by atoms with Crippen LogP contribution in [0.25, 0.3) is 0 Å². The number of benzene rings is 2. The van der Waals surface area contributed by atoms with Crippen molar-refractivity contribution in [2.24, 2.45) is 5.73 Å². The Morgan fingerprint density at radius 2 is 1.59 bits per heavy atom. The average molecular weight is 434 g/mol. The third-order valence-corrected chi connectivity index (χ3v) is 4.71. The van der Waals surface area contributed by atoms with Crippen molar-refractivity contribution in [3.8, 4) is 0 Å². The van der Waals surface area contributed by atoms with Gasteiger partial charge in [-0.15, -0.1) is 0 Å². The summed E-state index contributed by atoms with van der Waals surface area (Å²) in [4.78, 5) is 25.3. The van der Waals surface area contributed by atoms with Crippen molar-refractivity contribution in [1.82, 2.24) is 4.90 Å². The van der Waals surface area contributed by atoms with Crippen LogP contribution in [0.2, 0.25) is 5.02 Å². The Morgan fingerprint density at radius 1 is 1.00 bits per heavy atom. The summed E-state index contributed by atoms with van der Waals surface area (Å²) in [7, 11) is 0. The molecule has 0 aliphatic carbocycles. The van der Waals surface area contributed by atoms with E-state index in [-0.39, 0.29) is 5.91 Å². The fourth-order valence-corrected chi connectivity index (χ4v) is 3.01. The largest absolute Gasteiger partial charge is 0.366 e. The van der Waals surface area contributed by atoms with Crippen molar-refractivity contribution in [2.75, 3.05) is 35.6 Å².